The first kappa shape index (κ1) is 10.6. The van der Waals surface area contributed by atoms with Crippen molar-refractivity contribution >= 4 is 17.3 Å². The van der Waals surface area contributed by atoms with Crippen LogP contribution in [-0.2, 0) is 6.54 Å². The van der Waals surface area contributed by atoms with Gasteiger partial charge < -0.3 is 5.32 Å². The standard InChI is InChI=1S/C12H13ClN4/c13-9-2-1-3-10(6-9)14-7-11-15-12(17-16-11)8-4-5-8/h1-3,6,8,14H,4-5,7H2,(H,15,16,17). The molecule has 1 aliphatic rings. The highest BCUT2D eigenvalue weighted by molar-refractivity contribution is 6.30. The van der Waals surface area contributed by atoms with Gasteiger partial charge in [0.1, 0.15) is 5.82 Å². The number of aromatic amines is 1. The first-order valence-corrected chi connectivity index (χ1v) is 6.10. The lowest BCUT2D eigenvalue weighted by atomic mass is 10.3. The number of anilines is 1. The van der Waals surface area contributed by atoms with E-state index in [9.17, 15) is 0 Å². The molecule has 0 saturated heterocycles. The molecule has 5 heteroatoms. The van der Waals surface area contributed by atoms with Crippen molar-refractivity contribution in [2.45, 2.75) is 25.3 Å². The highest BCUT2D eigenvalue weighted by atomic mass is 35.5. The highest BCUT2D eigenvalue weighted by Gasteiger charge is 2.27. The topological polar surface area (TPSA) is 53.6 Å². The molecule has 4 nitrogen and oxygen atoms in total. The number of nitrogens with one attached hydrogen (secondary N) is 2. The van der Waals surface area contributed by atoms with Gasteiger partial charge in [-0.2, -0.15) is 5.10 Å². The molecule has 1 aromatic heterocycles. The Kier molecular flexibility index (Phi) is 2.73. The number of hydrogen-bond acceptors (Lipinski definition) is 3. The summed E-state index contributed by atoms with van der Waals surface area (Å²) in [7, 11) is 0. The molecule has 2 N–H and O–H groups in total. The number of rotatable bonds is 4. The number of benzene rings is 1. The van der Waals surface area contributed by atoms with Crippen molar-refractivity contribution in [2.75, 3.05) is 5.32 Å². The maximum absolute atomic E-state index is 5.90. The largest absolute Gasteiger partial charge is 0.378 e. The smallest absolute Gasteiger partial charge is 0.153 e. The molecule has 0 spiro atoms. The van der Waals surface area contributed by atoms with Gasteiger partial charge in [0.15, 0.2) is 5.82 Å². The molecule has 1 heterocycles. The average Bonchev–Trinajstić information content (AvgIpc) is 3.07. The van der Waals surface area contributed by atoms with Gasteiger partial charge in [0, 0.05) is 16.6 Å². The van der Waals surface area contributed by atoms with Crippen LogP contribution in [0.25, 0.3) is 0 Å². The third-order valence-electron chi connectivity index (χ3n) is 2.78. The molecule has 0 aliphatic heterocycles. The van der Waals surface area contributed by atoms with Gasteiger partial charge in [0.2, 0.25) is 0 Å². The van der Waals surface area contributed by atoms with Gasteiger partial charge in [0.05, 0.1) is 6.54 Å². The number of aromatic nitrogens is 3. The van der Waals surface area contributed by atoms with Crippen LogP contribution in [0, 0.1) is 0 Å². The summed E-state index contributed by atoms with van der Waals surface area (Å²) in [6, 6.07) is 7.64. The first-order valence-electron chi connectivity index (χ1n) is 5.72. The summed E-state index contributed by atoms with van der Waals surface area (Å²) in [6.45, 7) is 0.639. The zero-order valence-corrected chi connectivity index (χ0v) is 10.0. The summed E-state index contributed by atoms with van der Waals surface area (Å²) in [6.07, 6.45) is 2.44. The van der Waals surface area contributed by atoms with Crippen molar-refractivity contribution in [1.82, 2.24) is 15.2 Å². The van der Waals surface area contributed by atoms with E-state index in [0.717, 1.165) is 22.4 Å². The third-order valence-corrected chi connectivity index (χ3v) is 3.01. The second-order valence-corrected chi connectivity index (χ2v) is 4.71. The molecule has 3 rings (SSSR count). The lowest BCUT2D eigenvalue weighted by Gasteiger charge is -2.03. The molecule has 1 saturated carbocycles. The lowest BCUT2D eigenvalue weighted by Crippen LogP contribution is -2.01. The molecule has 0 bridgehead atoms. The predicted molar refractivity (Wildman–Crippen MR) is 67.1 cm³/mol. The monoisotopic (exact) mass is 248 g/mol. The summed E-state index contributed by atoms with van der Waals surface area (Å²) in [5, 5.41) is 11.1. The summed E-state index contributed by atoms with van der Waals surface area (Å²) >= 11 is 5.90. The van der Waals surface area contributed by atoms with Crippen molar-refractivity contribution < 1.29 is 0 Å². The molecule has 0 atom stereocenters. The van der Waals surface area contributed by atoms with Gasteiger partial charge in [-0.15, -0.1) is 0 Å². The Morgan fingerprint density at radius 1 is 1.41 bits per heavy atom. The van der Waals surface area contributed by atoms with Crippen molar-refractivity contribution in [3.05, 3.63) is 40.9 Å². The minimum atomic E-state index is 0.589. The van der Waals surface area contributed by atoms with E-state index in [-0.39, 0.29) is 0 Å². The summed E-state index contributed by atoms with van der Waals surface area (Å²) < 4.78 is 0. The van der Waals surface area contributed by atoms with Crippen LogP contribution in [0.5, 0.6) is 0 Å². The van der Waals surface area contributed by atoms with Crippen LogP contribution in [0.3, 0.4) is 0 Å². The first-order chi connectivity index (χ1) is 8.31. The van der Waals surface area contributed by atoms with Crippen molar-refractivity contribution in [1.29, 1.82) is 0 Å². The Morgan fingerprint density at radius 3 is 3.06 bits per heavy atom. The SMILES string of the molecule is Clc1cccc(NCc2nc(C3CC3)n[nH]2)c1. The van der Waals surface area contributed by atoms with Crippen LogP contribution < -0.4 is 5.32 Å². The highest BCUT2D eigenvalue weighted by Crippen LogP contribution is 2.37. The van der Waals surface area contributed by atoms with Crippen LogP contribution in [-0.4, -0.2) is 15.2 Å². The zero-order valence-electron chi connectivity index (χ0n) is 9.28. The van der Waals surface area contributed by atoms with Gasteiger partial charge in [-0.25, -0.2) is 4.98 Å². The second-order valence-electron chi connectivity index (χ2n) is 4.28. The number of nitrogens with zero attached hydrogens (tertiary/aromatic N) is 2. The predicted octanol–water partition coefficient (Wildman–Crippen LogP) is 2.95. The molecule has 1 fully saturated rings. The van der Waals surface area contributed by atoms with E-state index in [4.69, 9.17) is 11.6 Å². The van der Waals surface area contributed by atoms with Gasteiger partial charge >= 0.3 is 0 Å². The Balaban J connectivity index is 1.62. The normalized spacial score (nSPS) is 14.9. The number of hydrogen-bond donors (Lipinski definition) is 2. The van der Waals surface area contributed by atoms with Crippen molar-refractivity contribution in [3.8, 4) is 0 Å². The Labute approximate surface area is 104 Å². The molecule has 1 aromatic carbocycles. The lowest BCUT2D eigenvalue weighted by molar-refractivity contribution is 0.931. The van der Waals surface area contributed by atoms with E-state index in [1.54, 1.807) is 0 Å². The zero-order chi connectivity index (χ0) is 11.7. The van der Waals surface area contributed by atoms with Crippen LogP contribution in [0.4, 0.5) is 5.69 Å². The fourth-order valence-electron chi connectivity index (χ4n) is 1.70. The van der Waals surface area contributed by atoms with Gasteiger partial charge in [0.25, 0.3) is 0 Å². The third kappa shape index (κ3) is 2.58. The van der Waals surface area contributed by atoms with Gasteiger partial charge in [-0.1, -0.05) is 17.7 Å². The Hall–Kier alpha value is -1.55. The summed E-state index contributed by atoms with van der Waals surface area (Å²) in [5.41, 5.74) is 0.988. The van der Waals surface area contributed by atoms with E-state index in [2.05, 4.69) is 20.5 Å². The molecule has 0 unspecified atom stereocenters. The molecule has 17 heavy (non-hydrogen) atoms. The molecule has 88 valence electrons. The number of H-pyrrole nitrogens is 1. The molecular weight excluding hydrogens is 236 g/mol. The molecule has 0 radical (unpaired) electrons. The van der Waals surface area contributed by atoms with Crippen molar-refractivity contribution in [3.63, 3.8) is 0 Å². The van der Waals surface area contributed by atoms with E-state index in [0.29, 0.717) is 12.5 Å². The molecule has 1 aliphatic carbocycles. The van der Waals surface area contributed by atoms with E-state index >= 15 is 0 Å². The Bertz CT molecular complexity index is 519. The molecular formula is C12H13ClN4. The van der Waals surface area contributed by atoms with Crippen LogP contribution in [0.1, 0.15) is 30.4 Å². The summed E-state index contributed by atoms with van der Waals surface area (Å²) in [5.74, 6) is 2.41. The van der Waals surface area contributed by atoms with Gasteiger partial charge in [-0.3, -0.25) is 5.10 Å². The van der Waals surface area contributed by atoms with E-state index < -0.39 is 0 Å². The fraction of sp³-hybridized carbons (Fsp3) is 0.333. The minimum absolute atomic E-state index is 0.589. The average molecular weight is 249 g/mol. The summed E-state index contributed by atoms with van der Waals surface area (Å²) in [4.78, 5) is 4.45. The van der Waals surface area contributed by atoms with E-state index in [1.165, 1.54) is 12.8 Å². The maximum Gasteiger partial charge on any atom is 0.153 e. The van der Waals surface area contributed by atoms with Crippen molar-refractivity contribution in [2.24, 2.45) is 0 Å². The maximum atomic E-state index is 5.90. The fourth-order valence-corrected chi connectivity index (χ4v) is 1.89. The second kappa shape index (κ2) is 4.37. The van der Waals surface area contributed by atoms with Crippen LogP contribution in [0.15, 0.2) is 24.3 Å². The minimum Gasteiger partial charge on any atom is -0.378 e. The van der Waals surface area contributed by atoms with E-state index in [1.807, 2.05) is 24.3 Å². The van der Waals surface area contributed by atoms with Crippen LogP contribution >= 0.6 is 11.6 Å². The number of halogens is 1. The Morgan fingerprint density at radius 2 is 2.29 bits per heavy atom. The quantitative estimate of drug-likeness (QED) is 0.875. The molecule has 2 aromatic rings. The molecule has 0 amide bonds. The van der Waals surface area contributed by atoms with Gasteiger partial charge in [-0.05, 0) is 31.0 Å². The van der Waals surface area contributed by atoms with Crippen LogP contribution in [0.2, 0.25) is 5.02 Å².